The zero-order chi connectivity index (χ0) is 20.4. The molecule has 10 heteroatoms. The molecule has 29 heavy (non-hydrogen) atoms. The standard InChI is InChI=1S/C19H20N6O4/c1-12-3-5-13(6-4-12)18-17(19(20)26)24(11-29-18)15-7-21-25(23-15)8-16-22-14(9-27-2)10-28-16/h3-7,10H,8-9,11H2,1-2H3,(H2,20,26). The molecule has 0 spiro atoms. The highest BCUT2D eigenvalue weighted by atomic mass is 16.5. The van der Waals surface area contributed by atoms with E-state index in [2.05, 4.69) is 15.2 Å². The summed E-state index contributed by atoms with van der Waals surface area (Å²) in [5, 5.41) is 8.61. The number of benzene rings is 1. The SMILES string of the molecule is COCc1coc(Cn2ncc(N3COC(c4ccc(C)cc4)=C3C(N)=O)n2)n1. The van der Waals surface area contributed by atoms with E-state index in [1.165, 1.54) is 17.3 Å². The lowest BCUT2D eigenvalue weighted by molar-refractivity contribution is -0.114. The first-order valence-corrected chi connectivity index (χ1v) is 8.89. The van der Waals surface area contributed by atoms with E-state index in [9.17, 15) is 4.79 Å². The topological polar surface area (TPSA) is 122 Å². The molecule has 0 fully saturated rings. The Morgan fingerprint density at radius 2 is 2.10 bits per heavy atom. The molecule has 0 unspecified atom stereocenters. The average Bonchev–Trinajstić information content (AvgIpc) is 3.42. The molecule has 3 heterocycles. The van der Waals surface area contributed by atoms with Gasteiger partial charge in [-0.05, 0) is 6.92 Å². The second-order valence-corrected chi connectivity index (χ2v) is 6.51. The third kappa shape index (κ3) is 3.83. The molecular formula is C19H20N6O4. The van der Waals surface area contributed by atoms with Gasteiger partial charge in [-0.2, -0.15) is 9.90 Å². The number of aromatic nitrogens is 4. The third-order valence-corrected chi connectivity index (χ3v) is 4.34. The van der Waals surface area contributed by atoms with Gasteiger partial charge in [0.05, 0.1) is 12.8 Å². The molecule has 1 aliphatic heterocycles. The molecule has 4 rings (SSSR count). The second kappa shape index (κ2) is 7.76. The Balaban J connectivity index is 1.57. The van der Waals surface area contributed by atoms with Crippen molar-refractivity contribution in [3.8, 4) is 0 Å². The van der Waals surface area contributed by atoms with Crippen molar-refractivity contribution in [3.05, 3.63) is 65.1 Å². The van der Waals surface area contributed by atoms with Crippen molar-refractivity contribution in [3.63, 3.8) is 0 Å². The van der Waals surface area contributed by atoms with Crippen molar-refractivity contribution in [1.29, 1.82) is 0 Å². The van der Waals surface area contributed by atoms with Crippen LogP contribution in [0.3, 0.4) is 0 Å². The maximum Gasteiger partial charge on any atom is 0.269 e. The fourth-order valence-electron chi connectivity index (χ4n) is 2.98. The summed E-state index contributed by atoms with van der Waals surface area (Å²) in [6.07, 6.45) is 3.06. The Bertz CT molecular complexity index is 1050. The van der Waals surface area contributed by atoms with Gasteiger partial charge in [0, 0.05) is 12.7 Å². The van der Waals surface area contributed by atoms with Crippen LogP contribution in [-0.2, 0) is 27.4 Å². The highest BCUT2D eigenvalue weighted by molar-refractivity contribution is 6.03. The largest absolute Gasteiger partial charge is 0.470 e. The third-order valence-electron chi connectivity index (χ3n) is 4.34. The van der Waals surface area contributed by atoms with E-state index < -0.39 is 5.91 Å². The number of rotatable bonds is 7. The lowest BCUT2D eigenvalue weighted by Crippen LogP contribution is -2.29. The Morgan fingerprint density at radius 1 is 1.31 bits per heavy atom. The van der Waals surface area contributed by atoms with Crippen LogP contribution >= 0.6 is 0 Å². The molecule has 0 saturated carbocycles. The number of hydrogen-bond acceptors (Lipinski definition) is 8. The minimum Gasteiger partial charge on any atom is -0.470 e. The van der Waals surface area contributed by atoms with Crippen LogP contribution in [0.2, 0.25) is 0 Å². The van der Waals surface area contributed by atoms with Crippen LogP contribution in [0.4, 0.5) is 5.82 Å². The van der Waals surface area contributed by atoms with Crippen LogP contribution in [0.25, 0.3) is 5.76 Å². The number of nitrogens with zero attached hydrogens (tertiary/aromatic N) is 5. The molecule has 1 aromatic carbocycles. The zero-order valence-electron chi connectivity index (χ0n) is 16.0. The van der Waals surface area contributed by atoms with Gasteiger partial charge in [-0.25, -0.2) is 4.98 Å². The maximum absolute atomic E-state index is 12.1. The predicted octanol–water partition coefficient (Wildman–Crippen LogP) is 1.42. The molecule has 0 atom stereocenters. The molecule has 0 bridgehead atoms. The van der Waals surface area contributed by atoms with Crippen molar-refractivity contribution in [1.82, 2.24) is 20.0 Å². The van der Waals surface area contributed by atoms with Gasteiger partial charge in [0.15, 0.2) is 24.0 Å². The highest BCUT2D eigenvalue weighted by Gasteiger charge is 2.32. The molecule has 3 aromatic rings. The molecule has 150 valence electrons. The van der Waals surface area contributed by atoms with E-state index in [0.29, 0.717) is 29.8 Å². The van der Waals surface area contributed by atoms with Gasteiger partial charge in [0.2, 0.25) is 5.89 Å². The maximum atomic E-state index is 12.1. The smallest absolute Gasteiger partial charge is 0.269 e. The molecule has 1 aliphatic rings. The van der Waals surface area contributed by atoms with Gasteiger partial charge in [-0.1, -0.05) is 29.8 Å². The van der Waals surface area contributed by atoms with Crippen LogP contribution in [-0.4, -0.2) is 39.7 Å². The normalized spacial score (nSPS) is 13.8. The number of hydrogen-bond donors (Lipinski definition) is 1. The summed E-state index contributed by atoms with van der Waals surface area (Å²) < 4.78 is 16.2. The van der Waals surface area contributed by atoms with Crippen LogP contribution in [0.5, 0.6) is 0 Å². The fraction of sp³-hybridized carbons (Fsp3) is 0.263. The summed E-state index contributed by atoms with van der Waals surface area (Å²) in [6, 6.07) is 7.65. The molecule has 10 nitrogen and oxygen atoms in total. The van der Waals surface area contributed by atoms with Gasteiger partial charge >= 0.3 is 0 Å². The number of methoxy groups -OCH3 is 1. The summed E-state index contributed by atoms with van der Waals surface area (Å²) in [7, 11) is 1.59. The van der Waals surface area contributed by atoms with E-state index in [-0.39, 0.29) is 19.0 Å². The minimum atomic E-state index is -0.607. The first-order valence-electron chi connectivity index (χ1n) is 8.89. The van der Waals surface area contributed by atoms with Gasteiger partial charge in [0.25, 0.3) is 5.91 Å². The lowest BCUT2D eigenvalue weighted by atomic mass is 10.1. The van der Waals surface area contributed by atoms with Gasteiger partial charge in [-0.15, -0.1) is 5.10 Å². The van der Waals surface area contributed by atoms with E-state index in [0.717, 1.165) is 11.1 Å². The van der Waals surface area contributed by atoms with E-state index >= 15 is 0 Å². The predicted molar refractivity (Wildman–Crippen MR) is 102 cm³/mol. The number of oxazole rings is 1. The van der Waals surface area contributed by atoms with E-state index in [4.69, 9.17) is 19.6 Å². The summed E-state index contributed by atoms with van der Waals surface area (Å²) in [6.45, 7) is 2.69. The van der Waals surface area contributed by atoms with Crippen molar-refractivity contribution < 1.29 is 18.7 Å². The van der Waals surface area contributed by atoms with Crippen LogP contribution in [0, 0.1) is 6.92 Å². The number of anilines is 1. The van der Waals surface area contributed by atoms with Crippen molar-refractivity contribution >= 4 is 17.5 Å². The van der Waals surface area contributed by atoms with Gasteiger partial charge < -0.3 is 19.6 Å². The van der Waals surface area contributed by atoms with Crippen molar-refractivity contribution in [2.45, 2.75) is 20.1 Å². The zero-order valence-corrected chi connectivity index (χ0v) is 16.0. The first kappa shape index (κ1) is 18.7. The van der Waals surface area contributed by atoms with Crippen molar-refractivity contribution in [2.75, 3.05) is 18.7 Å². The monoisotopic (exact) mass is 396 g/mol. The Labute approximate surface area is 166 Å². The average molecular weight is 396 g/mol. The molecule has 0 radical (unpaired) electrons. The summed E-state index contributed by atoms with van der Waals surface area (Å²) >= 11 is 0. The van der Waals surface area contributed by atoms with Crippen LogP contribution < -0.4 is 10.6 Å². The van der Waals surface area contributed by atoms with E-state index in [1.807, 2.05) is 31.2 Å². The Kier molecular flexibility index (Phi) is 5.00. The Hall–Kier alpha value is -3.66. The molecular weight excluding hydrogens is 376 g/mol. The number of carbonyl (C=O) groups excluding carboxylic acids is 1. The number of ether oxygens (including phenoxy) is 2. The van der Waals surface area contributed by atoms with Crippen molar-refractivity contribution in [2.24, 2.45) is 5.73 Å². The molecule has 2 aromatic heterocycles. The van der Waals surface area contributed by atoms with Gasteiger partial charge in [0.1, 0.15) is 18.5 Å². The number of primary amides is 1. The lowest BCUT2D eigenvalue weighted by Gasteiger charge is -2.13. The van der Waals surface area contributed by atoms with Crippen LogP contribution in [0.1, 0.15) is 22.7 Å². The number of carbonyl (C=O) groups is 1. The molecule has 2 N–H and O–H groups in total. The minimum absolute atomic E-state index is 0.108. The number of aryl methyl sites for hydroxylation is 1. The highest BCUT2D eigenvalue weighted by Crippen LogP contribution is 2.31. The molecule has 0 saturated heterocycles. The summed E-state index contributed by atoms with van der Waals surface area (Å²) in [4.78, 5) is 19.4. The molecule has 1 amide bonds. The number of nitrogens with two attached hydrogens (primary N) is 1. The quantitative estimate of drug-likeness (QED) is 0.636. The van der Waals surface area contributed by atoms with Crippen LogP contribution in [0.15, 0.2) is 46.8 Å². The summed E-state index contributed by atoms with van der Waals surface area (Å²) in [5.74, 6) is 0.695. The number of amides is 1. The molecule has 0 aliphatic carbocycles. The summed E-state index contributed by atoms with van der Waals surface area (Å²) in [5.41, 5.74) is 8.43. The van der Waals surface area contributed by atoms with E-state index in [1.54, 1.807) is 12.0 Å². The van der Waals surface area contributed by atoms with Gasteiger partial charge in [-0.3, -0.25) is 9.69 Å². The fourth-order valence-corrected chi connectivity index (χ4v) is 2.98. The first-order chi connectivity index (χ1) is 14.0. The second-order valence-electron chi connectivity index (χ2n) is 6.51. The Morgan fingerprint density at radius 3 is 2.83 bits per heavy atom.